The van der Waals surface area contributed by atoms with E-state index in [9.17, 15) is 0 Å². The van der Waals surface area contributed by atoms with Gasteiger partial charge in [0, 0.05) is 8.95 Å². The van der Waals surface area contributed by atoms with Crippen molar-refractivity contribution in [2.24, 2.45) is 0 Å². The molecule has 0 atom stereocenters. The van der Waals surface area contributed by atoms with Crippen molar-refractivity contribution in [3.8, 4) is 11.1 Å². The van der Waals surface area contributed by atoms with Crippen LogP contribution in [-0.2, 0) is 0 Å². The third-order valence-corrected chi connectivity index (χ3v) is 4.94. The molecule has 0 N–H and O–H groups in total. The van der Waals surface area contributed by atoms with Crippen LogP contribution >= 0.6 is 31.9 Å². The molecule has 0 saturated carbocycles. The van der Waals surface area contributed by atoms with Gasteiger partial charge in [0.1, 0.15) is 0 Å². The first kappa shape index (κ1) is 12.8. The van der Waals surface area contributed by atoms with Crippen molar-refractivity contribution in [1.82, 2.24) is 0 Å². The molecule has 0 heterocycles. The lowest BCUT2D eigenvalue weighted by Gasteiger charge is -2.11. The van der Waals surface area contributed by atoms with Crippen molar-refractivity contribution in [3.63, 3.8) is 0 Å². The van der Waals surface area contributed by atoms with Gasteiger partial charge in [-0.25, -0.2) is 0 Å². The average Bonchev–Trinajstić information content (AvgIpc) is 2.30. The fraction of sp³-hybridized carbons (Fsp3) is 0.200. The third-order valence-electron chi connectivity index (χ3n) is 3.19. The van der Waals surface area contributed by atoms with Crippen molar-refractivity contribution in [1.29, 1.82) is 0 Å². The number of aryl methyl sites for hydroxylation is 1. The Morgan fingerprint density at radius 2 is 1.41 bits per heavy atom. The average molecular weight is 354 g/mol. The highest BCUT2D eigenvalue weighted by molar-refractivity contribution is 9.10. The summed E-state index contributed by atoms with van der Waals surface area (Å²) in [4.78, 5) is 0. The van der Waals surface area contributed by atoms with E-state index in [4.69, 9.17) is 0 Å². The van der Waals surface area contributed by atoms with E-state index < -0.39 is 0 Å². The second-order valence-corrected chi connectivity index (χ2v) is 6.02. The largest absolute Gasteiger partial charge is 0.0532 e. The first-order chi connectivity index (χ1) is 8.00. The second kappa shape index (κ2) is 4.95. The summed E-state index contributed by atoms with van der Waals surface area (Å²) in [5.74, 6) is 0. The van der Waals surface area contributed by atoms with Gasteiger partial charge in [0.15, 0.2) is 0 Å². The molecule has 0 aliphatic heterocycles. The zero-order chi connectivity index (χ0) is 12.6. The van der Waals surface area contributed by atoms with E-state index in [-0.39, 0.29) is 0 Å². The maximum absolute atomic E-state index is 3.57. The van der Waals surface area contributed by atoms with Crippen LogP contribution in [0.5, 0.6) is 0 Å². The van der Waals surface area contributed by atoms with Crippen LogP contribution in [0.4, 0.5) is 0 Å². The highest BCUT2D eigenvalue weighted by Gasteiger charge is 2.07. The van der Waals surface area contributed by atoms with Gasteiger partial charge < -0.3 is 0 Å². The Bertz CT molecular complexity index is 571. The van der Waals surface area contributed by atoms with E-state index >= 15 is 0 Å². The van der Waals surface area contributed by atoms with E-state index in [0.717, 1.165) is 4.47 Å². The fourth-order valence-electron chi connectivity index (χ4n) is 1.91. The number of hydrogen-bond acceptors (Lipinski definition) is 0. The van der Waals surface area contributed by atoms with E-state index in [1.165, 1.54) is 32.3 Å². The minimum absolute atomic E-state index is 1.16. The molecule has 2 aromatic rings. The second-order valence-electron chi connectivity index (χ2n) is 4.31. The molecule has 0 unspecified atom stereocenters. The van der Waals surface area contributed by atoms with Crippen LogP contribution in [0.25, 0.3) is 11.1 Å². The molecule has 0 amide bonds. The quantitative estimate of drug-likeness (QED) is 0.607. The smallest absolute Gasteiger partial charge is 0.0207 e. The van der Waals surface area contributed by atoms with Crippen LogP contribution in [0.15, 0.2) is 39.3 Å². The number of benzene rings is 2. The first-order valence-electron chi connectivity index (χ1n) is 5.53. The summed E-state index contributed by atoms with van der Waals surface area (Å²) < 4.78 is 2.33. The van der Waals surface area contributed by atoms with E-state index in [1.54, 1.807) is 0 Å². The lowest BCUT2D eigenvalue weighted by molar-refractivity contribution is 1.31. The molecule has 0 spiro atoms. The monoisotopic (exact) mass is 352 g/mol. The molecule has 0 nitrogen and oxygen atoms in total. The fourth-order valence-corrected chi connectivity index (χ4v) is 2.59. The van der Waals surface area contributed by atoms with Gasteiger partial charge in [-0.2, -0.15) is 0 Å². The Balaban J connectivity index is 2.61. The molecule has 2 aromatic carbocycles. The normalized spacial score (nSPS) is 10.6. The Labute approximate surface area is 119 Å². The van der Waals surface area contributed by atoms with Crippen LogP contribution in [0.2, 0.25) is 0 Å². The summed E-state index contributed by atoms with van der Waals surface area (Å²) in [6, 6.07) is 10.8. The van der Waals surface area contributed by atoms with Crippen LogP contribution in [0.1, 0.15) is 16.7 Å². The first-order valence-corrected chi connectivity index (χ1v) is 7.11. The summed E-state index contributed by atoms with van der Waals surface area (Å²) >= 11 is 7.11. The Hall–Kier alpha value is -0.600. The molecule has 88 valence electrons. The Kier molecular flexibility index (Phi) is 3.74. The topological polar surface area (TPSA) is 0 Å². The maximum atomic E-state index is 3.57. The van der Waals surface area contributed by atoms with Crippen molar-refractivity contribution < 1.29 is 0 Å². The zero-order valence-electron chi connectivity index (χ0n) is 10.1. The molecule has 0 saturated heterocycles. The minimum Gasteiger partial charge on any atom is -0.0532 e. The summed E-state index contributed by atoms with van der Waals surface area (Å²) in [6.45, 7) is 6.44. The molecular formula is C15H14Br2. The molecule has 0 aromatic heterocycles. The number of hydrogen-bond donors (Lipinski definition) is 0. The predicted octanol–water partition coefficient (Wildman–Crippen LogP) is 5.80. The van der Waals surface area contributed by atoms with Gasteiger partial charge >= 0.3 is 0 Å². The summed E-state index contributed by atoms with van der Waals surface area (Å²) in [6.07, 6.45) is 0. The zero-order valence-corrected chi connectivity index (χ0v) is 13.3. The Morgan fingerprint density at radius 3 is 2.06 bits per heavy atom. The van der Waals surface area contributed by atoms with E-state index in [1.807, 2.05) is 0 Å². The SMILES string of the molecule is Cc1cc(-c2ccc(Br)c(C)c2C)ccc1Br. The molecule has 0 aliphatic carbocycles. The Morgan fingerprint density at radius 1 is 0.765 bits per heavy atom. The molecule has 0 fully saturated rings. The summed E-state index contributed by atoms with van der Waals surface area (Å²) in [7, 11) is 0. The molecule has 0 bridgehead atoms. The predicted molar refractivity (Wildman–Crippen MR) is 81.5 cm³/mol. The van der Waals surface area contributed by atoms with Crippen molar-refractivity contribution in [2.75, 3.05) is 0 Å². The van der Waals surface area contributed by atoms with Gasteiger partial charge in [-0.15, -0.1) is 0 Å². The van der Waals surface area contributed by atoms with Crippen LogP contribution < -0.4 is 0 Å². The molecule has 0 radical (unpaired) electrons. The lowest BCUT2D eigenvalue weighted by atomic mass is 9.96. The van der Waals surface area contributed by atoms with Crippen molar-refractivity contribution in [3.05, 3.63) is 56.0 Å². The minimum atomic E-state index is 1.16. The van der Waals surface area contributed by atoms with Gasteiger partial charge in [-0.3, -0.25) is 0 Å². The van der Waals surface area contributed by atoms with Crippen molar-refractivity contribution in [2.45, 2.75) is 20.8 Å². The molecule has 17 heavy (non-hydrogen) atoms. The number of rotatable bonds is 1. The molecule has 0 aliphatic rings. The van der Waals surface area contributed by atoms with Crippen LogP contribution in [-0.4, -0.2) is 0 Å². The van der Waals surface area contributed by atoms with Crippen LogP contribution in [0.3, 0.4) is 0 Å². The molecule has 2 heteroatoms. The highest BCUT2D eigenvalue weighted by Crippen LogP contribution is 2.31. The van der Waals surface area contributed by atoms with Gasteiger partial charge in [-0.1, -0.05) is 50.1 Å². The van der Waals surface area contributed by atoms with Crippen molar-refractivity contribution >= 4 is 31.9 Å². The number of halogens is 2. The highest BCUT2D eigenvalue weighted by atomic mass is 79.9. The molecule has 2 rings (SSSR count). The van der Waals surface area contributed by atoms with Gasteiger partial charge in [-0.05, 0) is 60.7 Å². The maximum Gasteiger partial charge on any atom is 0.0207 e. The summed E-state index contributed by atoms with van der Waals surface area (Å²) in [5.41, 5.74) is 6.49. The van der Waals surface area contributed by atoms with Gasteiger partial charge in [0.05, 0.1) is 0 Å². The van der Waals surface area contributed by atoms with Crippen LogP contribution in [0, 0.1) is 20.8 Å². The van der Waals surface area contributed by atoms with Gasteiger partial charge in [0.2, 0.25) is 0 Å². The standard InChI is InChI=1S/C15H14Br2/c1-9-8-12(4-6-14(9)16)13-5-7-15(17)11(3)10(13)2/h4-8H,1-3H3. The molecular weight excluding hydrogens is 340 g/mol. The van der Waals surface area contributed by atoms with Gasteiger partial charge in [0.25, 0.3) is 0 Å². The third kappa shape index (κ3) is 2.48. The lowest BCUT2D eigenvalue weighted by Crippen LogP contribution is -1.89. The summed E-state index contributed by atoms with van der Waals surface area (Å²) in [5, 5.41) is 0. The van der Waals surface area contributed by atoms with E-state index in [2.05, 4.69) is 83.0 Å². The van der Waals surface area contributed by atoms with E-state index in [0.29, 0.717) is 0 Å².